The molecule has 1 aromatic heterocycles. The van der Waals surface area contributed by atoms with E-state index in [1.54, 1.807) is 0 Å². The number of carbonyl (C=O) groups excluding carboxylic acids is 1. The SMILES string of the molecule is O=C(Oc1cc(C2CNC2)[nH]n1)C(F)(F)F. The van der Waals surface area contributed by atoms with Crippen molar-refractivity contribution in [1.29, 1.82) is 0 Å². The Labute approximate surface area is 88.0 Å². The molecule has 2 N–H and O–H groups in total. The van der Waals surface area contributed by atoms with E-state index in [1.807, 2.05) is 0 Å². The van der Waals surface area contributed by atoms with Crippen LogP contribution in [0.3, 0.4) is 0 Å². The van der Waals surface area contributed by atoms with Gasteiger partial charge in [0.25, 0.3) is 0 Å². The van der Waals surface area contributed by atoms with Gasteiger partial charge in [0.05, 0.1) is 0 Å². The number of H-pyrrole nitrogens is 1. The summed E-state index contributed by atoms with van der Waals surface area (Å²) in [5.41, 5.74) is 0.656. The molecule has 0 aliphatic carbocycles. The summed E-state index contributed by atoms with van der Waals surface area (Å²) in [7, 11) is 0. The summed E-state index contributed by atoms with van der Waals surface area (Å²) >= 11 is 0. The van der Waals surface area contributed by atoms with E-state index >= 15 is 0 Å². The summed E-state index contributed by atoms with van der Waals surface area (Å²) in [6.07, 6.45) is -5.00. The minimum Gasteiger partial charge on any atom is -0.399 e. The Morgan fingerprint density at radius 2 is 2.19 bits per heavy atom. The standard InChI is InChI=1S/C8H8F3N3O2/c9-8(10,11)7(15)16-6-1-5(13-14-6)4-2-12-3-4/h1,4,12H,2-3H2,(H,13,14). The highest BCUT2D eigenvalue weighted by atomic mass is 19.4. The van der Waals surface area contributed by atoms with Crippen LogP contribution in [0.2, 0.25) is 0 Å². The third-order valence-electron chi connectivity index (χ3n) is 2.22. The van der Waals surface area contributed by atoms with Crippen molar-refractivity contribution in [2.45, 2.75) is 12.1 Å². The lowest BCUT2D eigenvalue weighted by Gasteiger charge is -2.25. The Kier molecular flexibility index (Phi) is 2.58. The molecule has 88 valence electrons. The fourth-order valence-corrected chi connectivity index (χ4v) is 1.24. The van der Waals surface area contributed by atoms with Gasteiger partial charge in [-0.15, -0.1) is 5.10 Å². The third-order valence-corrected chi connectivity index (χ3v) is 2.22. The fraction of sp³-hybridized carbons (Fsp3) is 0.500. The maximum Gasteiger partial charge on any atom is 0.491 e. The van der Waals surface area contributed by atoms with Gasteiger partial charge in [0.15, 0.2) is 0 Å². The molecule has 5 nitrogen and oxygen atoms in total. The zero-order valence-electron chi connectivity index (χ0n) is 7.97. The molecule has 1 aliphatic heterocycles. The van der Waals surface area contributed by atoms with Crippen molar-refractivity contribution in [3.05, 3.63) is 11.8 Å². The van der Waals surface area contributed by atoms with E-state index in [-0.39, 0.29) is 11.8 Å². The highest BCUT2D eigenvalue weighted by Crippen LogP contribution is 2.23. The number of hydrogen-bond donors (Lipinski definition) is 2. The van der Waals surface area contributed by atoms with Crippen molar-refractivity contribution < 1.29 is 22.7 Å². The van der Waals surface area contributed by atoms with Crippen LogP contribution in [0.25, 0.3) is 0 Å². The molecule has 0 atom stereocenters. The van der Waals surface area contributed by atoms with E-state index in [4.69, 9.17) is 0 Å². The molecule has 8 heteroatoms. The number of hydrogen-bond acceptors (Lipinski definition) is 4. The number of carbonyl (C=O) groups is 1. The largest absolute Gasteiger partial charge is 0.491 e. The van der Waals surface area contributed by atoms with Crippen LogP contribution in [-0.2, 0) is 4.79 Å². The second-order valence-corrected chi connectivity index (χ2v) is 3.40. The van der Waals surface area contributed by atoms with Crippen LogP contribution in [0.1, 0.15) is 11.6 Å². The molecule has 0 aromatic carbocycles. The van der Waals surface area contributed by atoms with E-state index in [0.29, 0.717) is 5.69 Å². The van der Waals surface area contributed by atoms with Crippen LogP contribution < -0.4 is 10.1 Å². The lowest BCUT2D eigenvalue weighted by molar-refractivity contribution is -0.190. The maximum atomic E-state index is 11.9. The van der Waals surface area contributed by atoms with E-state index in [2.05, 4.69) is 20.3 Å². The maximum absolute atomic E-state index is 11.9. The number of aromatic nitrogens is 2. The quantitative estimate of drug-likeness (QED) is 0.735. The highest BCUT2D eigenvalue weighted by molar-refractivity contribution is 5.77. The van der Waals surface area contributed by atoms with Crippen molar-refractivity contribution in [3.8, 4) is 5.88 Å². The number of rotatable bonds is 2. The minimum atomic E-state index is -5.00. The molecular weight excluding hydrogens is 227 g/mol. The van der Waals surface area contributed by atoms with Crippen LogP contribution in [0.4, 0.5) is 13.2 Å². The number of esters is 1. The summed E-state index contributed by atoms with van der Waals surface area (Å²) in [6.45, 7) is 1.46. The Balaban J connectivity index is 2.00. The molecule has 16 heavy (non-hydrogen) atoms. The Morgan fingerprint density at radius 3 is 2.69 bits per heavy atom. The first-order chi connectivity index (χ1) is 7.47. The molecule has 0 spiro atoms. The van der Waals surface area contributed by atoms with Crippen LogP contribution in [0.15, 0.2) is 6.07 Å². The van der Waals surface area contributed by atoms with Crippen LogP contribution >= 0.6 is 0 Å². The number of alkyl halides is 3. The molecule has 0 radical (unpaired) electrons. The van der Waals surface area contributed by atoms with Gasteiger partial charge in [-0.25, -0.2) is 4.79 Å². The van der Waals surface area contributed by atoms with Crippen LogP contribution in [0, 0.1) is 0 Å². The first kappa shape index (κ1) is 10.9. The molecule has 0 bridgehead atoms. The summed E-state index contributed by atoms with van der Waals surface area (Å²) < 4.78 is 39.6. The number of ether oxygens (including phenoxy) is 1. The van der Waals surface area contributed by atoms with Crippen molar-refractivity contribution in [2.24, 2.45) is 0 Å². The average Bonchev–Trinajstić information content (AvgIpc) is 2.48. The van der Waals surface area contributed by atoms with Crippen molar-refractivity contribution >= 4 is 5.97 Å². The highest BCUT2D eigenvalue weighted by Gasteiger charge is 2.41. The number of nitrogens with zero attached hydrogens (tertiary/aromatic N) is 1. The van der Waals surface area contributed by atoms with E-state index in [9.17, 15) is 18.0 Å². The van der Waals surface area contributed by atoms with Gasteiger partial charge in [0.2, 0.25) is 5.88 Å². The smallest absolute Gasteiger partial charge is 0.399 e. The summed E-state index contributed by atoms with van der Waals surface area (Å²) in [5, 5.41) is 9.01. The van der Waals surface area contributed by atoms with Crippen LogP contribution in [-0.4, -0.2) is 35.4 Å². The van der Waals surface area contributed by atoms with Crippen LogP contribution in [0.5, 0.6) is 5.88 Å². The van der Waals surface area contributed by atoms with Gasteiger partial charge in [0, 0.05) is 30.8 Å². The van der Waals surface area contributed by atoms with E-state index in [0.717, 1.165) is 13.1 Å². The third kappa shape index (κ3) is 2.16. The summed E-state index contributed by atoms with van der Waals surface area (Å²) in [6, 6.07) is 1.30. The number of nitrogens with one attached hydrogen (secondary N) is 2. The average molecular weight is 235 g/mol. The molecule has 1 aromatic rings. The van der Waals surface area contributed by atoms with E-state index < -0.39 is 12.1 Å². The predicted octanol–water partition coefficient (Wildman–Crippen LogP) is 0.564. The van der Waals surface area contributed by atoms with Gasteiger partial charge >= 0.3 is 12.1 Å². The summed E-state index contributed by atoms with van der Waals surface area (Å²) in [5.74, 6) is -2.44. The van der Waals surface area contributed by atoms with Crippen molar-refractivity contribution in [3.63, 3.8) is 0 Å². The molecule has 1 aliphatic rings. The monoisotopic (exact) mass is 235 g/mol. The lowest BCUT2D eigenvalue weighted by Crippen LogP contribution is -2.40. The zero-order valence-corrected chi connectivity index (χ0v) is 7.97. The topological polar surface area (TPSA) is 67.0 Å². The fourth-order valence-electron chi connectivity index (χ4n) is 1.24. The van der Waals surface area contributed by atoms with Gasteiger partial charge in [-0.1, -0.05) is 0 Å². The van der Waals surface area contributed by atoms with E-state index in [1.165, 1.54) is 6.07 Å². The molecule has 0 amide bonds. The number of aromatic amines is 1. The minimum absolute atomic E-state index is 0.186. The Morgan fingerprint density at radius 1 is 1.50 bits per heavy atom. The first-order valence-corrected chi connectivity index (χ1v) is 4.52. The van der Waals surface area contributed by atoms with Gasteiger partial charge in [-0.05, 0) is 0 Å². The molecule has 2 rings (SSSR count). The second-order valence-electron chi connectivity index (χ2n) is 3.40. The van der Waals surface area contributed by atoms with Gasteiger partial charge in [-0.2, -0.15) is 13.2 Å². The van der Waals surface area contributed by atoms with Gasteiger partial charge in [0.1, 0.15) is 0 Å². The molecule has 1 saturated heterocycles. The Bertz CT molecular complexity index is 397. The second kappa shape index (κ2) is 3.78. The summed E-state index contributed by atoms with van der Waals surface area (Å²) in [4.78, 5) is 10.5. The van der Waals surface area contributed by atoms with Gasteiger partial charge < -0.3 is 10.1 Å². The molecule has 2 heterocycles. The zero-order chi connectivity index (χ0) is 11.8. The first-order valence-electron chi connectivity index (χ1n) is 4.52. The van der Waals surface area contributed by atoms with Crippen molar-refractivity contribution in [2.75, 3.05) is 13.1 Å². The normalized spacial score (nSPS) is 16.9. The van der Waals surface area contributed by atoms with Gasteiger partial charge in [-0.3, -0.25) is 5.10 Å². The molecule has 1 fully saturated rings. The molecule has 0 saturated carbocycles. The predicted molar refractivity (Wildman–Crippen MR) is 45.9 cm³/mol. The lowest BCUT2D eigenvalue weighted by atomic mass is 10.00. The van der Waals surface area contributed by atoms with Crippen molar-refractivity contribution in [1.82, 2.24) is 15.5 Å². The molecular formula is C8H8F3N3O2. The molecule has 0 unspecified atom stereocenters. The Hall–Kier alpha value is -1.57. The number of halogens is 3.